The highest BCUT2D eigenvalue weighted by Gasteiger charge is 2.25. The van der Waals surface area contributed by atoms with Crippen LogP contribution in [-0.4, -0.2) is 66.7 Å². The Bertz CT molecular complexity index is 871. The van der Waals surface area contributed by atoms with E-state index >= 15 is 0 Å². The molecule has 1 atom stereocenters. The summed E-state index contributed by atoms with van der Waals surface area (Å²) in [6.07, 6.45) is 0.732. The first-order valence-corrected chi connectivity index (χ1v) is 11.2. The molecule has 2 heterocycles. The zero-order chi connectivity index (χ0) is 20.2. The van der Waals surface area contributed by atoms with E-state index in [1.807, 2.05) is 24.3 Å². The second-order valence-corrected chi connectivity index (χ2v) is 9.08. The normalized spacial score (nSPS) is 19.9. The summed E-state index contributed by atoms with van der Waals surface area (Å²) in [7, 11) is 0. The first-order chi connectivity index (χ1) is 14.1. The Morgan fingerprint density at radius 1 is 1.10 bits per heavy atom. The molecule has 5 nitrogen and oxygen atoms in total. The van der Waals surface area contributed by atoms with E-state index in [1.54, 1.807) is 11.8 Å². The fourth-order valence-corrected chi connectivity index (χ4v) is 5.32. The van der Waals surface area contributed by atoms with E-state index in [2.05, 4.69) is 33.3 Å². The summed E-state index contributed by atoms with van der Waals surface area (Å²) in [5.74, 6) is 0.0517. The van der Waals surface area contributed by atoms with Gasteiger partial charge in [0.05, 0.1) is 19.2 Å². The van der Waals surface area contributed by atoms with Crippen LogP contribution in [0.25, 0.3) is 0 Å². The van der Waals surface area contributed by atoms with Crippen molar-refractivity contribution in [1.82, 2.24) is 15.1 Å². The number of nitrogens with one attached hydrogen (secondary N) is 1. The van der Waals surface area contributed by atoms with Crippen LogP contribution in [0, 0.1) is 0 Å². The average molecular weight is 432 g/mol. The van der Waals surface area contributed by atoms with Crippen LogP contribution in [0.2, 0.25) is 5.02 Å². The number of piperazine rings is 1. The SMILES string of the molecule is O=C(CN1CCN(CCO)CC1)NC1Cc2cc(Cl)ccc2Sc2ccccc21. The number of aliphatic hydroxyl groups is 1. The van der Waals surface area contributed by atoms with Gasteiger partial charge < -0.3 is 10.4 Å². The Kier molecular flexibility index (Phi) is 6.77. The Morgan fingerprint density at radius 3 is 2.66 bits per heavy atom. The van der Waals surface area contributed by atoms with Crippen LogP contribution in [0.1, 0.15) is 17.2 Å². The van der Waals surface area contributed by atoms with Crippen molar-refractivity contribution in [1.29, 1.82) is 0 Å². The molecule has 0 radical (unpaired) electrons. The van der Waals surface area contributed by atoms with Crippen LogP contribution in [0.5, 0.6) is 0 Å². The maximum Gasteiger partial charge on any atom is 0.234 e. The molecule has 154 valence electrons. The van der Waals surface area contributed by atoms with Crippen molar-refractivity contribution in [2.75, 3.05) is 45.9 Å². The molecule has 0 saturated carbocycles. The molecule has 4 rings (SSSR count). The number of hydrogen-bond donors (Lipinski definition) is 2. The summed E-state index contributed by atoms with van der Waals surface area (Å²) in [6.45, 7) is 4.78. The molecule has 1 amide bonds. The van der Waals surface area contributed by atoms with E-state index in [-0.39, 0.29) is 18.6 Å². The quantitative estimate of drug-likeness (QED) is 0.762. The van der Waals surface area contributed by atoms with Gasteiger partial charge in [-0.25, -0.2) is 0 Å². The van der Waals surface area contributed by atoms with Crippen molar-refractivity contribution in [2.24, 2.45) is 0 Å². The molecule has 0 spiro atoms. The lowest BCUT2D eigenvalue weighted by atomic mass is 9.99. The number of carbonyl (C=O) groups excluding carboxylic acids is 1. The second kappa shape index (κ2) is 9.49. The molecule has 1 fully saturated rings. The lowest BCUT2D eigenvalue weighted by Crippen LogP contribution is -2.50. The fraction of sp³-hybridized carbons (Fsp3) is 0.409. The van der Waals surface area contributed by atoms with Gasteiger partial charge in [0.25, 0.3) is 0 Å². The van der Waals surface area contributed by atoms with Crippen LogP contribution in [0.3, 0.4) is 0 Å². The minimum atomic E-state index is -0.0680. The lowest BCUT2D eigenvalue weighted by molar-refractivity contribution is -0.123. The number of nitrogens with zero attached hydrogens (tertiary/aromatic N) is 2. The van der Waals surface area contributed by atoms with Crippen molar-refractivity contribution >= 4 is 29.3 Å². The Hall–Kier alpha value is -1.57. The molecular weight excluding hydrogens is 406 g/mol. The second-order valence-electron chi connectivity index (χ2n) is 7.56. The molecule has 0 aliphatic carbocycles. The lowest BCUT2D eigenvalue weighted by Gasteiger charge is -2.34. The summed E-state index contributed by atoms with van der Waals surface area (Å²) < 4.78 is 0. The highest BCUT2D eigenvalue weighted by atomic mass is 35.5. The van der Waals surface area contributed by atoms with Gasteiger partial charge in [-0.1, -0.05) is 41.6 Å². The van der Waals surface area contributed by atoms with Gasteiger partial charge in [0.1, 0.15) is 0 Å². The Labute approximate surface area is 181 Å². The molecule has 0 aromatic heterocycles. The number of β-amino-alcohol motifs (C(OH)–C–C–N with tert-alkyl or cyclic N) is 1. The molecule has 7 heteroatoms. The van der Waals surface area contributed by atoms with Crippen LogP contribution in [0.15, 0.2) is 52.3 Å². The predicted octanol–water partition coefficient (Wildman–Crippen LogP) is 2.81. The number of amides is 1. The van der Waals surface area contributed by atoms with Gasteiger partial charge in [0.15, 0.2) is 0 Å². The number of hydrogen-bond acceptors (Lipinski definition) is 5. The number of rotatable bonds is 5. The van der Waals surface area contributed by atoms with Crippen molar-refractivity contribution in [3.05, 3.63) is 58.6 Å². The smallest absolute Gasteiger partial charge is 0.234 e. The number of aliphatic hydroxyl groups excluding tert-OH is 1. The molecule has 1 unspecified atom stereocenters. The number of halogens is 1. The van der Waals surface area contributed by atoms with Gasteiger partial charge in [-0.2, -0.15) is 0 Å². The van der Waals surface area contributed by atoms with Gasteiger partial charge >= 0.3 is 0 Å². The summed E-state index contributed by atoms with van der Waals surface area (Å²) >= 11 is 7.97. The minimum absolute atomic E-state index is 0.0517. The van der Waals surface area contributed by atoms with E-state index in [4.69, 9.17) is 16.7 Å². The summed E-state index contributed by atoms with van der Waals surface area (Å²) in [5, 5.41) is 13.1. The van der Waals surface area contributed by atoms with Crippen LogP contribution in [-0.2, 0) is 11.2 Å². The summed E-state index contributed by atoms with van der Waals surface area (Å²) in [4.78, 5) is 19.6. The van der Waals surface area contributed by atoms with E-state index in [9.17, 15) is 4.79 Å². The van der Waals surface area contributed by atoms with Crippen molar-refractivity contribution in [3.63, 3.8) is 0 Å². The number of fused-ring (bicyclic) bond motifs is 2. The third kappa shape index (κ3) is 5.13. The predicted molar refractivity (Wildman–Crippen MR) is 117 cm³/mol. The molecule has 2 N–H and O–H groups in total. The molecule has 2 aliphatic rings. The number of carbonyl (C=O) groups is 1. The topological polar surface area (TPSA) is 55.8 Å². The maximum absolute atomic E-state index is 12.8. The number of benzene rings is 2. The maximum atomic E-state index is 12.8. The third-order valence-electron chi connectivity index (χ3n) is 5.54. The summed E-state index contributed by atoms with van der Waals surface area (Å²) in [6, 6.07) is 14.2. The zero-order valence-corrected chi connectivity index (χ0v) is 17.9. The molecule has 2 aromatic carbocycles. The third-order valence-corrected chi connectivity index (χ3v) is 6.99. The largest absolute Gasteiger partial charge is 0.395 e. The summed E-state index contributed by atoms with van der Waals surface area (Å²) in [5.41, 5.74) is 2.33. The van der Waals surface area contributed by atoms with Crippen LogP contribution in [0.4, 0.5) is 0 Å². The van der Waals surface area contributed by atoms with Crippen molar-refractivity contribution < 1.29 is 9.90 Å². The van der Waals surface area contributed by atoms with Gasteiger partial charge in [-0.3, -0.25) is 14.6 Å². The Balaban J connectivity index is 1.45. The van der Waals surface area contributed by atoms with Gasteiger partial charge in [-0.05, 0) is 41.8 Å². The zero-order valence-electron chi connectivity index (χ0n) is 16.3. The van der Waals surface area contributed by atoms with E-state index in [0.29, 0.717) is 13.1 Å². The molecule has 1 saturated heterocycles. The van der Waals surface area contributed by atoms with Crippen molar-refractivity contribution in [2.45, 2.75) is 22.3 Å². The van der Waals surface area contributed by atoms with Gasteiger partial charge in [0.2, 0.25) is 5.91 Å². The molecule has 2 aromatic rings. The van der Waals surface area contributed by atoms with Crippen LogP contribution >= 0.6 is 23.4 Å². The first kappa shape index (κ1) is 20.7. The van der Waals surface area contributed by atoms with E-state index in [0.717, 1.165) is 43.2 Å². The van der Waals surface area contributed by atoms with Gasteiger partial charge in [0, 0.05) is 47.5 Å². The average Bonchev–Trinajstić information content (AvgIpc) is 2.86. The monoisotopic (exact) mass is 431 g/mol. The Morgan fingerprint density at radius 2 is 1.86 bits per heavy atom. The van der Waals surface area contributed by atoms with Crippen molar-refractivity contribution in [3.8, 4) is 0 Å². The molecular formula is C22H26ClN3O2S. The fourth-order valence-electron chi connectivity index (χ4n) is 4.00. The molecule has 2 aliphatic heterocycles. The first-order valence-electron chi connectivity index (χ1n) is 10.0. The standard InChI is InChI=1S/C22H26ClN3O2S/c23-17-5-6-20-16(13-17)14-19(18-3-1-2-4-21(18)29-20)24-22(28)15-26-9-7-25(8-10-26)11-12-27/h1-6,13,19,27H,7-12,14-15H2,(H,24,28). The van der Waals surface area contributed by atoms with E-state index in [1.165, 1.54) is 15.4 Å². The minimum Gasteiger partial charge on any atom is -0.395 e. The highest BCUT2D eigenvalue weighted by molar-refractivity contribution is 7.99. The van der Waals surface area contributed by atoms with E-state index < -0.39 is 0 Å². The molecule has 29 heavy (non-hydrogen) atoms. The van der Waals surface area contributed by atoms with Gasteiger partial charge in [-0.15, -0.1) is 0 Å². The molecule has 0 bridgehead atoms. The highest BCUT2D eigenvalue weighted by Crippen LogP contribution is 2.41. The van der Waals surface area contributed by atoms with Crippen LogP contribution < -0.4 is 5.32 Å².